The van der Waals surface area contributed by atoms with Gasteiger partial charge in [-0.3, -0.25) is 9.59 Å². The molecule has 1 amide bonds. The Morgan fingerprint density at radius 2 is 1.89 bits per heavy atom. The Morgan fingerprint density at radius 3 is 2.48 bits per heavy atom. The molecule has 2 aliphatic heterocycles. The number of benzene rings is 1. The molecule has 1 aromatic carbocycles. The van der Waals surface area contributed by atoms with Crippen LogP contribution < -0.4 is 4.90 Å². The fraction of sp³-hybridized carbons (Fsp3) is 0.579. The summed E-state index contributed by atoms with van der Waals surface area (Å²) in [6, 6.07) is 5.00. The van der Waals surface area contributed by atoms with E-state index in [1.807, 2.05) is 6.92 Å². The molecule has 0 aromatic heterocycles. The standard InChI is InChI=1S/C19H26N2O5S/c1-4-26-19(23)15-7-9-20(10-8-15)27(24,25)17-5-6-18-16(12-17)11-13(2)21(18)14(3)22/h5-6,12-13,15H,4,7-11H2,1-3H3/t13-/m0/s1. The highest BCUT2D eigenvalue weighted by Crippen LogP contribution is 2.35. The lowest BCUT2D eigenvalue weighted by atomic mass is 9.98. The van der Waals surface area contributed by atoms with Gasteiger partial charge in [-0.05, 0) is 56.9 Å². The molecule has 0 radical (unpaired) electrons. The first-order valence-electron chi connectivity index (χ1n) is 9.35. The van der Waals surface area contributed by atoms with Crippen LogP contribution in [0.5, 0.6) is 0 Å². The average Bonchev–Trinajstić information content (AvgIpc) is 2.97. The van der Waals surface area contributed by atoms with Crippen molar-refractivity contribution in [3.8, 4) is 0 Å². The van der Waals surface area contributed by atoms with E-state index in [0.717, 1.165) is 11.3 Å². The molecule has 8 heteroatoms. The van der Waals surface area contributed by atoms with Gasteiger partial charge < -0.3 is 9.64 Å². The predicted octanol–water partition coefficient (Wildman–Crippen LogP) is 1.95. The van der Waals surface area contributed by atoms with Gasteiger partial charge in [-0.25, -0.2) is 8.42 Å². The molecule has 0 spiro atoms. The summed E-state index contributed by atoms with van der Waals surface area (Å²) >= 11 is 0. The Morgan fingerprint density at radius 1 is 1.22 bits per heavy atom. The zero-order chi connectivity index (χ0) is 19.8. The number of hydrogen-bond acceptors (Lipinski definition) is 5. The summed E-state index contributed by atoms with van der Waals surface area (Å²) in [6.45, 7) is 6.18. The minimum absolute atomic E-state index is 0.0239. The van der Waals surface area contributed by atoms with E-state index in [1.165, 1.54) is 11.2 Å². The molecule has 0 unspecified atom stereocenters. The highest BCUT2D eigenvalue weighted by Gasteiger charge is 2.35. The van der Waals surface area contributed by atoms with Crippen molar-refractivity contribution in [1.29, 1.82) is 0 Å². The molecule has 2 aliphatic rings. The molecule has 27 heavy (non-hydrogen) atoms. The molecule has 2 heterocycles. The second-order valence-corrected chi connectivity index (χ2v) is 9.10. The third kappa shape index (κ3) is 3.73. The lowest BCUT2D eigenvalue weighted by molar-refractivity contribution is -0.149. The van der Waals surface area contributed by atoms with Crippen LogP contribution in [0.4, 0.5) is 5.69 Å². The van der Waals surface area contributed by atoms with Crippen LogP contribution in [0.2, 0.25) is 0 Å². The number of carbonyl (C=O) groups excluding carboxylic acids is 2. The Hall–Kier alpha value is -1.93. The van der Waals surface area contributed by atoms with Crippen molar-refractivity contribution < 1.29 is 22.7 Å². The highest BCUT2D eigenvalue weighted by molar-refractivity contribution is 7.89. The minimum atomic E-state index is -3.62. The van der Waals surface area contributed by atoms with E-state index in [2.05, 4.69) is 0 Å². The van der Waals surface area contributed by atoms with Crippen LogP contribution in [0.3, 0.4) is 0 Å². The highest BCUT2D eigenvalue weighted by atomic mass is 32.2. The molecular weight excluding hydrogens is 368 g/mol. The number of esters is 1. The van der Waals surface area contributed by atoms with E-state index in [-0.39, 0.29) is 28.7 Å². The number of sulfonamides is 1. The van der Waals surface area contributed by atoms with E-state index >= 15 is 0 Å². The monoisotopic (exact) mass is 394 g/mol. The van der Waals surface area contributed by atoms with Gasteiger partial charge in [0.15, 0.2) is 0 Å². The van der Waals surface area contributed by atoms with Gasteiger partial charge in [0.05, 0.1) is 17.4 Å². The third-order valence-electron chi connectivity index (χ3n) is 5.32. The summed E-state index contributed by atoms with van der Waals surface area (Å²) in [7, 11) is -3.62. The molecule has 1 saturated heterocycles. The van der Waals surface area contributed by atoms with Crippen LogP contribution in [0.25, 0.3) is 0 Å². The maximum Gasteiger partial charge on any atom is 0.309 e. The molecule has 0 aliphatic carbocycles. The van der Waals surface area contributed by atoms with Gasteiger partial charge in [-0.1, -0.05) is 0 Å². The normalized spacial score (nSPS) is 21.1. The van der Waals surface area contributed by atoms with Crippen molar-refractivity contribution in [1.82, 2.24) is 4.31 Å². The van der Waals surface area contributed by atoms with Gasteiger partial charge in [0.25, 0.3) is 0 Å². The minimum Gasteiger partial charge on any atom is -0.466 e. The van der Waals surface area contributed by atoms with Gasteiger partial charge in [0, 0.05) is 31.7 Å². The molecule has 0 N–H and O–H groups in total. The van der Waals surface area contributed by atoms with Crippen molar-refractivity contribution in [2.45, 2.75) is 51.0 Å². The lowest BCUT2D eigenvalue weighted by Crippen LogP contribution is -2.40. The van der Waals surface area contributed by atoms with Crippen LogP contribution in [0, 0.1) is 5.92 Å². The van der Waals surface area contributed by atoms with Crippen molar-refractivity contribution in [2.24, 2.45) is 5.92 Å². The molecule has 148 valence electrons. The molecular formula is C19H26N2O5S. The van der Waals surface area contributed by atoms with Crippen molar-refractivity contribution >= 4 is 27.6 Å². The van der Waals surface area contributed by atoms with Gasteiger partial charge in [-0.2, -0.15) is 4.31 Å². The second kappa shape index (κ2) is 7.59. The molecule has 1 atom stereocenters. The molecule has 0 saturated carbocycles. The predicted molar refractivity (Wildman–Crippen MR) is 101 cm³/mol. The van der Waals surface area contributed by atoms with E-state index in [1.54, 1.807) is 30.0 Å². The number of carbonyl (C=O) groups is 2. The molecule has 7 nitrogen and oxygen atoms in total. The van der Waals surface area contributed by atoms with Crippen molar-refractivity contribution in [3.05, 3.63) is 23.8 Å². The Balaban J connectivity index is 1.76. The number of hydrogen-bond donors (Lipinski definition) is 0. The molecule has 3 rings (SSSR count). The van der Waals surface area contributed by atoms with Crippen molar-refractivity contribution in [2.75, 3.05) is 24.6 Å². The number of amides is 1. The Bertz CT molecular complexity index is 844. The zero-order valence-electron chi connectivity index (χ0n) is 16.0. The number of nitrogens with zero attached hydrogens (tertiary/aromatic N) is 2. The summed E-state index contributed by atoms with van der Waals surface area (Å²) in [6.07, 6.45) is 1.58. The molecule has 0 bridgehead atoms. The van der Waals surface area contributed by atoms with E-state index < -0.39 is 10.0 Å². The van der Waals surface area contributed by atoms with Gasteiger partial charge in [-0.15, -0.1) is 0 Å². The summed E-state index contributed by atoms with van der Waals surface area (Å²) in [5, 5.41) is 0. The first kappa shape index (κ1) is 19.8. The zero-order valence-corrected chi connectivity index (χ0v) is 16.8. The maximum atomic E-state index is 13.0. The number of piperidine rings is 1. The molecule has 1 aromatic rings. The van der Waals surface area contributed by atoms with E-state index in [4.69, 9.17) is 4.74 Å². The first-order chi connectivity index (χ1) is 12.8. The average molecular weight is 394 g/mol. The molecule has 1 fully saturated rings. The summed E-state index contributed by atoms with van der Waals surface area (Å²) in [5.74, 6) is -0.523. The summed E-state index contributed by atoms with van der Waals surface area (Å²) < 4.78 is 32.5. The van der Waals surface area contributed by atoms with Gasteiger partial charge >= 0.3 is 5.97 Å². The number of rotatable bonds is 4. The Kier molecular flexibility index (Phi) is 5.58. The van der Waals surface area contributed by atoms with Gasteiger partial charge in [0.2, 0.25) is 15.9 Å². The van der Waals surface area contributed by atoms with Crippen molar-refractivity contribution in [3.63, 3.8) is 0 Å². The summed E-state index contributed by atoms with van der Waals surface area (Å²) in [5.41, 5.74) is 1.66. The van der Waals surface area contributed by atoms with Crippen LogP contribution in [0.15, 0.2) is 23.1 Å². The number of anilines is 1. The smallest absolute Gasteiger partial charge is 0.309 e. The number of fused-ring (bicyclic) bond motifs is 1. The van der Waals surface area contributed by atoms with Crippen LogP contribution >= 0.6 is 0 Å². The maximum absolute atomic E-state index is 13.0. The second-order valence-electron chi connectivity index (χ2n) is 7.16. The lowest BCUT2D eigenvalue weighted by Gasteiger charge is -2.30. The van der Waals surface area contributed by atoms with Crippen LogP contribution in [-0.2, 0) is 30.8 Å². The Labute approximate surface area is 160 Å². The largest absolute Gasteiger partial charge is 0.466 e. The van der Waals surface area contributed by atoms with E-state index in [9.17, 15) is 18.0 Å². The van der Waals surface area contributed by atoms with Gasteiger partial charge in [0.1, 0.15) is 0 Å². The third-order valence-corrected chi connectivity index (χ3v) is 7.21. The van der Waals surface area contributed by atoms with E-state index in [0.29, 0.717) is 39.0 Å². The number of ether oxygens (including phenoxy) is 1. The van der Waals surface area contributed by atoms with Crippen LogP contribution in [-0.4, -0.2) is 50.3 Å². The summed E-state index contributed by atoms with van der Waals surface area (Å²) in [4.78, 5) is 25.6. The fourth-order valence-corrected chi connectivity index (χ4v) is 5.51. The van der Waals surface area contributed by atoms with Crippen LogP contribution in [0.1, 0.15) is 39.2 Å². The fourth-order valence-electron chi connectivity index (χ4n) is 3.99. The topological polar surface area (TPSA) is 84.0 Å². The first-order valence-corrected chi connectivity index (χ1v) is 10.8. The quantitative estimate of drug-likeness (QED) is 0.729. The SMILES string of the molecule is CCOC(=O)C1CCN(S(=O)(=O)c2ccc3c(c2)C[C@H](C)N3C(C)=O)CC1.